The number of nitrogens with two attached hydrogens (primary N) is 1. The molecular formula is C10H12N4O. The fourth-order valence-corrected chi connectivity index (χ4v) is 1.39. The second kappa shape index (κ2) is 3.70. The molecule has 2 N–H and O–H groups in total. The lowest BCUT2D eigenvalue weighted by Gasteiger charge is -2.03. The van der Waals surface area contributed by atoms with Gasteiger partial charge in [-0.1, -0.05) is 6.07 Å². The molecular weight excluding hydrogens is 192 g/mol. The van der Waals surface area contributed by atoms with E-state index in [0.717, 1.165) is 11.3 Å². The average Bonchev–Trinajstić information content (AvgIpc) is 2.65. The van der Waals surface area contributed by atoms with Crippen LogP contribution in [-0.4, -0.2) is 14.3 Å². The highest BCUT2D eigenvalue weighted by atomic mass is 16.1. The Bertz CT molecular complexity index is 526. The van der Waals surface area contributed by atoms with E-state index in [1.165, 1.54) is 10.6 Å². The Morgan fingerprint density at radius 3 is 2.80 bits per heavy atom. The fourth-order valence-electron chi connectivity index (χ4n) is 1.39. The molecule has 0 amide bonds. The average molecular weight is 204 g/mol. The molecule has 0 atom stereocenters. The molecule has 0 saturated heterocycles. The van der Waals surface area contributed by atoms with Crippen molar-refractivity contribution < 1.29 is 0 Å². The lowest BCUT2D eigenvalue weighted by atomic mass is 10.3. The number of rotatable bonds is 2. The van der Waals surface area contributed by atoms with Crippen LogP contribution in [0.4, 0.5) is 0 Å². The van der Waals surface area contributed by atoms with Gasteiger partial charge in [-0.25, -0.2) is 0 Å². The highest BCUT2D eigenvalue weighted by Crippen LogP contribution is 2.03. The van der Waals surface area contributed by atoms with Crippen LogP contribution >= 0.6 is 0 Å². The Kier molecular flexibility index (Phi) is 2.39. The fraction of sp³-hybridized carbons (Fsp3) is 0.200. The van der Waals surface area contributed by atoms with Gasteiger partial charge in [0, 0.05) is 32.1 Å². The summed E-state index contributed by atoms with van der Waals surface area (Å²) in [6.07, 6.45) is 5.16. The van der Waals surface area contributed by atoms with Gasteiger partial charge in [0.1, 0.15) is 0 Å². The van der Waals surface area contributed by atoms with E-state index in [2.05, 4.69) is 5.10 Å². The first-order valence-corrected chi connectivity index (χ1v) is 4.61. The minimum absolute atomic E-state index is 0.0831. The number of aromatic nitrogens is 3. The van der Waals surface area contributed by atoms with Gasteiger partial charge in [-0.3, -0.25) is 14.0 Å². The molecule has 2 aromatic heterocycles. The monoisotopic (exact) mass is 204 g/mol. The summed E-state index contributed by atoms with van der Waals surface area (Å²) in [4.78, 5) is 11.6. The van der Waals surface area contributed by atoms with Crippen molar-refractivity contribution >= 4 is 0 Å². The van der Waals surface area contributed by atoms with Crippen molar-refractivity contribution in [2.75, 3.05) is 0 Å². The maximum Gasteiger partial charge on any atom is 0.255 e. The van der Waals surface area contributed by atoms with Crippen molar-refractivity contribution in [3.05, 3.63) is 46.6 Å². The summed E-state index contributed by atoms with van der Waals surface area (Å²) in [5.74, 6) is 0. The lowest BCUT2D eigenvalue weighted by Crippen LogP contribution is -2.17. The third-order valence-electron chi connectivity index (χ3n) is 2.18. The van der Waals surface area contributed by atoms with Crippen LogP contribution < -0.4 is 11.3 Å². The zero-order valence-electron chi connectivity index (χ0n) is 8.42. The Labute approximate surface area is 86.8 Å². The van der Waals surface area contributed by atoms with Gasteiger partial charge in [-0.05, 0) is 5.56 Å². The first-order chi connectivity index (χ1) is 7.20. The molecule has 15 heavy (non-hydrogen) atoms. The third kappa shape index (κ3) is 1.82. The second-order valence-electron chi connectivity index (χ2n) is 3.32. The van der Waals surface area contributed by atoms with Crippen LogP contribution in [0, 0.1) is 0 Å². The van der Waals surface area contributed by atoms with Gasteiger partial charge in [0.05, 0.1) is 11.9 Å². The van der Waals surface area contributed by atoms with Crippen molar-refractivity contribution in [2.24, 2.45) is 12.8 Å². The molecule has 5 nitrogen and oxygen atoms in total. The maximum absolute atomic E-state index is 11.6. The van der Waals surface area contributed by atoms with Gasteiger partial charge >= 0.3 is 0 Å². The third-order valence-corrected chi connectivity index (χ3v) is 2.18. The van der Waals surface area contributed by atoms with Gasteiger partial charge in [0.25, 0.3) is 5.56 Å². The van der Waals surface area contributed by atoms with Crippen LogP contribution in [0.1, 0.15) is 5.56 Å². The summed E-state index contributed by atoms with van der Waals surface area (Å²) in [5, 5.41) is 4.02. The molecule has 78 valence electrons. The van der Waals surface area contributed by atoms with Crippen molar-refractivity contribution in [3.63, 3.8) is 0 Å². The van der Waals surface area contributed by atoms with Gasteiger partial charge in [0.2, 0.25) is 0 Å². The van der Waals surface area contributed by atoms with Crippen molar-refractivity contribution in [1.29, 1.82) is 0 Å². The molecule has 0 unspecified atom stereocenters. The van der Waals surface area contributed by atoms with Crippen LogP contribution in [0.2, 0.25) is 0 Å². The van der Waals surface area contributed by atoms with Gasteiger partial charge in [0.15, 0.2) is 0 Å². The quantitative estimate of drug-likeness (QED) is 0.750. The first-order valence-electron chi connectivity index (χ1n) is 4.61. The highest BCUT2D eigenvalue weighted by Gasteiger charge is 2.02. The standard InChI is InChI=1S/C10H12N4O/c1-13-7-9(5-12-13)14-6-8(4-11)2-3-10(14)15/h2-3,5-7H,4,11H2,1H3. The predicted molar refractivity (Wildman–Crippen MR) is 56.7 cm³/mol. The van der Waals surface area contributed by atoms with Crippen LogP contribution in [0.5, 0.6) is 0 Å². The maximum atomic E-state index is 11.6. The smallest absolute Gasteiger partial charge is 0.255 e. The minimum atomic E-state index is -0.0831. The summed E-state index contributed by atoms with van der Waals surface area (Å²) in [6, 6.07) is 3.24. The minimum Gasteiger partial charge on any atom is -0.326 e. The zero-order chi connectivity index (χ0) is 10.8. The van der Waals surface area contributed by atoms with E-state index in [1.807, 2.05) is 0 Å². The second-order valence-corrected chi connectivity index (χ2v) is 3.32. The summed E-state index contributed by atoms with van der Waals surface area (Å²) >= 11 is 0. The summed E-state index contributed by atoms with van der Waals surface area (Å²) in [5.41, 5.74) is 7.10. The normalized spacial score (nSPS) is 10.5. The molecule has 0 aliphatic heterocycles. The number of hydrogen-bond acceptors (Lipinski definition) is 3. The topological polar surface area (TPSA) is 65.8 Å². The Morgan fingerprint density at radius 2 is 2.20 bits per heavy atom. The molecule has 0 aliphatic rings. The first kappa shape index (κ1) is 9.67. The Hall–Kier alpha value is -1.88. The van der Waals surface area contributed by atoms with Crippen LogP contribution in [0.25, 0.3) is 5.69 Å². The number of hydrogen-bond donors (Lipinski definition) is 1. The van der Waals surface area contributed by atoms with E-state index < -0.39 is 0 Å². The summed E-state index contributed by atoms with van der Waals surface area (Å²) < 4.78 is 3.19. The van der Waals surface area contributed by atoms with E-state index in [1.54, 1.807) is 36.4 Å². The highest BCUT2D eigenvalue weighted by molar-refractivity contribution is 5.27. The number of pyridine rings is 1. The van der Waals surface area contributed by atoms with Gasteiger partial charge in [-0.2, -0.15) is 5.10 Å². The molecule has 2 heterocycles. The van der Waals surface area contributed by atoms with Crippen molar-refractivity contribution in [2.45, 2.75) is 6.54 Å². The molecule has 0 aliphatic carbocycles. The van der Waals surface area contributed by atoms with Crippen molar-refractivity contribution in [3.8, 4) is 5.69 Å². The largest absolute Gasteiger partial charge is 0.326 e. The van der Waals surface area contributed by atoms with E-state index in [9.17, 15) is 4.79 Å². The predicted octanol–water partition coefficient (Wildman–Crippen LogP) is 0.0297. The van der Waals surface area contributed by atoms with E-state index in [4.69, 9.17) is 5.73 Å². The molecule has 0 bridgehead atoms. The van der Waals surface area contributed by atoms with Crippen LogP contribution in [0.15, 0.2) is 35.5 Å². The molecule has 0 spiro atoms. The Morgan fingerprint density at radius 1 is 1.40 bits per heavy atom. The van der Waals surface area contributed by atoms with Crippen LogP contribution in [-0.2, 0) is 13.6 Å². The van der Waals surface area contributed by atoms with E-state index >= 15 is 0 Å². The molecule has 2 rings (SSSR count). The molecule has 0 radical (unpaired) electrons. The summed E-state index contributed by atoms with van der Waals surface area (Å²) in [7, 11) is 1.81. The molecule has 0 saturated carbocycles. The van der Waals surface area contributed by atoms with E-state index in [0.29, 0.717) is 6.54 Å². The molecule has 0 fully saturated rings. The zero-order valence-corrected chi connectivity index (χ0v) is 8.42. The lowest BCUT2D eigenvalue weighted by molar-refractivity contribution is 0.767. The molecule has 5 heteroatoms. The van der Waals surface area contributed by atoms with Crippen molar-refractivity contribution in [1.82, 2.24) is 14.3 Å². The SMILES string of the molecule is Cn1cc(-n2cc(CN)ccc2=O)cn1. The van der Waals surface area contributed by atoms with Gasteiger partial charge < -0.3 is 5.73 Å². The number of nitrogens with zero attached hydrogens (tertiary/aromatic N) is 3. The van der Waals surface area contributed by atoms with Gasteiger partial charge in [-0.15, -0.1) is 0 Å². The molecule has 0 aromatic carbocycles. The number of aryl methyl sites for hydroxylation is 1. The van der Waals surface area contributed by atoms with E-state index in [-0.39, 0.29) is 5.56 Å². The summed E-state index contributed by atoms with van der Waals surface area (Å²) in [6.45, 7) is 0.417. The van der Waals surface area contributed by atoms with Crippen LogP contribution in [0.3, 0.4) is 0 Å². The Balaban J connectivity index is 2.56. The molecule has 2 aromatic rings.